The third-order valence-electron chi connectivity index (χ3n) is 4.06. The predicted octanol–water partition coefficient (Wildman–Crippen LogP) is 3.24. The Morgan fingerprint density at radius 1 is 1.20 bits per heavy atom. The van der Waals surface area contributed by atoms with Gasteiger partial charge < -0.3 is 15.1 Å². The first kappa shape index (κ1) is 18.8. The number of hydrogen-bond donors (Lipinski definition) is 2. The SMILES string of the molecule is CS(=O)c1ccc(O)cc1.C[C@@H]1CCN(c2ccc(C#N)c(O)c2)C1. The van der Waals surface area contributed by atoms with Gasteiger partial charge in [0.25, 0.3) is 0 Å². The van der Waals surface area contributed by atoms with Gasteiger partial charge in [0, 0.05) is 46.8 Å². The first-order chi connectivity index (χ1) is 11.9. The van der Waals surface area contributed by atoms with Gasteiger partial charge in [0.05, 0.1) is 5.56 Å². The monoisotopic (exact) mass is 358 g/mol. The highest BCUT2D eigenvalue weighted by atomic mass is 32.2. The molecular formula is C19H22N2O3S. The molecule has 0 amide bonds. The first-order valence-electron chi connectivity index (χ1n) is 8.01. The number of rotatable bonds is 2. The Kier molecular flexibility index (Phi) is 6.43. The Morgan fingerprint density at radius 3 is 2.36 bits per heavy atom. The molecule has 132 valence electrons. The van der Waals surface area contributed by atoms with Gasteiger partial charge in [0.2, 0.25) is 0 Å². The van der Waals surface area contributed by atoms with Crippen LogP contribution >= 0.6 is 0 Å². The summed E-state index contributed by atoms with van der Waals surface area (Å²) in [5.74, 6) is 0.992. The van der Waals surface area contributed by atoms with Gasteiger partial charge in [-0.15, -0.1) is 0 Å². The van der Waals surface area contributed by atoms with Gasteiger partial charge in [-0.25, -0.2) is 0 Å². The maximum atomic E-state index is 10.8. The fraction of sp³-hybridized carbons (Fsp3) is 0.316. The first-order valence-corrected chi connectivity index (χ1v) is 9.57. The zero-order valence-corrected chi connectivity index (χ0v) is 15.2. The molecule has 1 fully saturated rings. The lowest BCUT2D eigenvalue weighted by molar-refractivity contribution is 0.473. The van der Waals surface area contributed by atoms with E-state index in [1.165, 1.54) is 18.6 Å². The summed E-state index contributed by atoms with van der Waals surface area (Å²) in [5.41, 5.74) is 1.35. The number of aromatic hydroxyl groups is 2. The highest BCUT2D eigenvalue weighted by Crippen LogP contribution is 2.28. The highest BCUT2D eigenvalue weighted by molar-refractivity contribution is 7.84. The molecule has 1 unspecified atom stereocenters. The Balaban J connectivity index is 0.000000196. The van der Waals surface area contributed by atoms with Crippen molar-refractivity contribution in [1.29, 1.82) is 5.26 Å². The number of hydrogen-bond acceptors (Lipinski definition) is 5. The zero-order chi connectivity index (χ0) is 18.4. The molecule has 1 saturated heterocycles. The van der Waals surface area contributed by atoms with Gasteiger partial charge in [0.1, 0.15) is 17.6 Å². The van der Waals surface area contributed by atoms with Crippen LogP contribution in [0.15, 0.2) is 47.4 Å². The van der Waals surface area contributed by atoms with Crippen LogP contribution in [-0.2, 0) is 10.8 Å². The van der Waals surface area contributed by atoms with Crippen LogP contribution in [0.25, 0.3) is 0 Å². The van der Waals surface area contributed by atoms with Gasteiger partial charge in [-0.3, -0.25) is 4.21 Å². The second-order valence-corrected chi connectivity index (χ2v) is 7.48. The normalized spacial score (nSPS) is 17.3. The van der Waals surface area contributed by atoms with Crippen molar-refractivity contribution in [2.75, 3.05) is 24.2 Å². The molecule has 2 aromatic carbocycles. The molecule has 0 saturated carbocycles. The van der Waals surface area contributed by atoms with Gasteiger partial charge >= 0.3 is 0 Å². The Labute approximate surface area is 150 Å². The minimum absolute atomic E-state index is 0.0783. The average Bonchev–Trinajstić information content (AvgIpc) is 3.02. The zero-order valence-electron chi connectivity index (χ0n) is 14.3. The van der Waals surface area contributed by atoms with Crippen LogP contribution in [0.1, 0.15) is 18.9 Å². The molecule has 1 aliphatic heterocycles. The molecular weight excluding hydrogens is 336 g/mol. The number of phenolic OH excluding ortho intramolecular Hbond substituents is 2. The molecule has 25 heavy (non-hydrogen) atoms. The number of nitriles is 1. The van der Waals surface area contributed by atoms with Gasteiger partial charge in [-0.05, 0) is 48.7 Å². The Morgan fingerprint density at radius 2 is 1.88 bits per heavy atom. The van der Waals surface area contributed by atoms with E-state index >= 15 is 0 Å². The van der Waals surface area contributed by atoms with Crippen LogP contribution in [0.2, 0.25) is 0 Å². The highest BCUT2D eigenvalue weighted by Gasteiger charge is 2.19. The third-order valence-corrected chi connectivity index (χ3v) is 5.00. The van der Waals surface area contributed by atoms with Crippen LogP contribution in [0.4, 0.5) is 5.69 Å². The fourth-order valence-corrected chi connectivity index (χ4v) is 3.14. The van der Waals surface area contributed by atoms with Gasteiger partial charge in [0.15, 0.2) is 0 Å². The van der Waals surface area contributed by atoms with Crippen molar-refractivity contribution in [2.45, 2.75) is 18.2 Å². The molecule has 0 aromatic heterocycles. The number of phenols is 2. The number of benzene rings is 2. The predicted molar refractivity (Wildman–Crippen MR) is 99.3 cm³/mol. The van der Waals surface area contributed by atoms with Crippen molar-refractivity contribution in [3.8, 4) is 17.6 Å². The van der Waals surface area contributed by atoms with E-state index in [2.05, 4.69) is 11.8 Å². The molecule has 2 N–H and O–H groups in total. The van der Waals surface area contributed by atoms with Gasteiger partial charge in [-0.2, -0.15) is 5.26 Å². The van der Waals surface area contributed by atoms with Gasteiger partial charge in [-0.1, -0.05) is 6.92 Å². The van der Waals surface area contributed by atoms with Crippen molar-refractivity contribution < 1.29 is 14.4 Å². The standard InChI is InChI=1S/C12H14N2O.C7H8O2S/c1-9-4-5-14(8-9)11-3-2-10(7-13)12(15)6-11;1-10(9)7-4-2-6(8)3-5-7/h2-3,6,9,15H,4-5,8H2,1H3;2-5,8H,1H3/t9-;/m1./s1. The molecule has 0 radical (unpaired) electrons. The fourth-order valence-electron chi connectivity index (χ4n) is 2.62. The summed E-state index contributed by atoms with van der Waals surface area (Å²) >= 11 is 0. The van der Waals surface area contributed by atoms with E-state index in [1.807, 2.05) is 12.1 Å². The van der Waals surface area contributed by atoms with Crippen molar-refractivity contribution in [3.63, 3.8) is 0 Å². The summed E-state index contributed by atoms with van der Waals surface area (Å²) in [4.78, 5) is 2.98. The summed E-state index contributed by atoms with van der Waals surface area (Å²) in [6.45, 7) is 4.29. The lowest BCUT2D eigenvalue weighted by Crippen LogP contribution is -2.18. The van der Waals surface area contributed by atoms with E-state index in [0.29, 0.717) is 11.5 Å². The van der Waals surface area contributed by atoms with E-state index < -0.39 is 10.8 Å². The summed E-state index contributed by atoms with van der Waals surface area (Å²) < 4.78 is 10.8. The largest absolute Gasteiger partial charge is 0.508 e. The maximum Gasteiger partial charge on any atom is 0.135 e. The summed E-state index contributed by atoms with van der Waals surface area (Å²) in [7, 11) is -0.948. The van der Waals surface area contributed by atoms with Crippen LogP contribution in [0.3, 0.4) is 0 Å². The van der Waals surface area contributed by atoms with Crippen molar-refractivity contribution in [2.24, 2.45) is 5.92 Å². The molecule has 3 rings (SSSR count). The number of nitrogens with zero attached hydrogens (tertiary/aromatic N) is 2. The van der Waals surface area contributed by atoms with Crippen molar-refractivity contribution in [3.05, 3.63) is 48.0 Å². The van der Waals surface area contributed by atoms with Crippen molar-refractivity contribution in [1.82, 2.24) is 0 Å². The molecule has 2 atom stereocenters. The molecule has 0 bridgehead atoms. The molecule has 5 nitrogen and oxygen atoms in total. The minimum atomic E-state index is -0.948. The average molecular weight is 358 g/mol. The quantitative estimate of drug-likeness (QED) is 0.861. The molecule has 0 spiro atoms. The molecule has 1 heterocycles. The smallest absolute Gasteiger partial charge is 0.135 e. The molecule has 0 aliphatic carbocycles. The summed E-state index contributed by atoms with van der Waals surface area (Å²) in [5, 5.41) is 27.1. The summed E-state index contributed by atoms with van der Waals surface area (Å²) in [6.07, 6.45) is 2.80. The minimum Gasteiger partial charge on any atom is -0.508 e. The van der Waals surface area contributed by atoms with Crippen LogP contribution < -0.4 is 4.90 Å². The second kappa shape index (κ2) is 8.54. The van der Waals surface area contributed by atoms with E-state index in [1.54, 1.807) is 30.5 Å². The van der Waals surface area contributed by atoms with Crippen LogP contribution in [-0.4, -0.2) is 33.8 Å². The molecule has 2 aromatic rings. The molecule has 6 heteroatoms. The Bertz CT molecular complexity index is 784. The lowest BCUT2D eigenvalue weighted by atomic mass is 10.1. The second-order valence-electron chi connectivity index (χ2n) is 6.10. The van der Waals surface area contributed by atoms with E-state index in [4.69, 9.17) is 10.4 Å². The Hall–Kier alpha value is -2.52. The van der Waals surface area contributed by atoms with E-state index in [0.717, 1.165) is 23.7 Å². The lowest BCUT2D eigenvalue weighted by Gasteiger charge is -2.18. The third kappa shape index (κ3) is 5.23. The van der Waals surface area contributed by atoms with E-state index in [9.17, 15) is 9.32 Å². The molecule has 1 aliphatic rings. The maximum absolute atomic E-state index is 10.8. The van der Waals surface area contributed by atoms with Crippen LogP contribution in [0.5, 0.6) is 11.5 Å². The van der Waals surface area contributed by atoms with Crippen LogP contribution in [0, 0.1) is 17.2 Å². The van der Waals surface area contributed by atoms with Crippen molar-refractivity contribution >= 4 is 16.5 Å². The summed E-state index contributed by atoms with van der Waals surface area (Å²) in [6, 6.07) is 13.5. The number of anilines is 1. The van der Waals surface area contributed by atoms with E-state index in [-0.39, 0.29) is 11.5 Å². The topological polar surface area (TPSA) is 84.6 Å².